The highest BCUT2D eigenvalue weighted by atomic mass is 32.2. The predicted octanol–water partition coefficient (Wildman–Crippen LogP) is 0.139. The Balaban J connectivity index is 1.89. The number of amides is 1. The molecule has 0 radical (unpaired) electrons. The van der Waals surface area contributed by atoms with Gasteiger partial charge in [0.05, 0.1) is 11.9 Å². The van der Waals surface area contributed by atoms with Crippen molar-refractivity contribution in [2.45, 2.75) is 18.3 Å². The molecule has 2 atom stereocenters. The van der Waals surface area contributed by atoms with Crippen LogP contribution in [0, 0.1) is 0 Å². The fourth-order valence-corrected chi connectivity index (χ4v) is 3.73. The molecule has 4 nitrogen and oxygen atoms in total. The first-order chi connectivity index (χ1) is 7.18. The number of carbonyl (C=O) groups excluding carboxylic acids is 2. The molecule has 0 aromatic heterocycles. The molecule has 2 aliphatic rings. The second-order valence-corrected chi connectivity index (χ2v) is 5.90. The molecule has 0 aromatic carbocycles. The van der Waals surface area contributed by atoms with E-state index in [2.05, 4.69) is 5.32 Å². The molecule has 0 bridgehead atoms. The lowest BCUT2D eigenvalue weighted by Gasteiger charge is -2.19. The van der Waals surface area contributed by atoms with Gasteiger partial charge in [0.1, 0.15) is 5.37 Å². The quantitative estimate of drug-likeness (QED) is 0.751. The van der Waals surface area contributed by atoms with E-state index in [9.17, 15) is 9.59 Å². The lowest BCUT2D eigenvalue weighted by atomic mass is 10.3. The average molecular weight is 246 g/mol. The van der Waals surface area contributed by atoms with Crippen LogP contribution >= 0.6 is 23.5 Å². The van der Waals surface area contributed by atoms with Gasteiger partial charge in [0.25, 0.3) is 0 Å². The molecular weight excluding hydrogens is 232 g/mol. The van der Waals surface area contributed by atoms with Gasteiger partial charge in [-0.05, 0) is 6.92 Å². The Morgan fingerprint density at radius 2 is 2.27 bits per heavy atom. The van der Waals surface area contributed by atoms with Gasteiger partial charge in [0.15, 0.2) is 5.78 Å². The first kappa shape index (κ1) is 11.3. The topological polar surface area (TPSA) is 49.4 Å². The molecule has 1 N–H and O–H groups in total. The van der Waals surface area contributed by atoms with Crippen molar-refractivity contribution in [3.63, 3.8) is 0 Å². The van der Waals surface area contributed by atoms with Crippen LogP contribution in [0.3, 0.4) is 0 Å². The molecule has 84 valence electrons. The van der Waals surface area contributed by atoms with E-state index < -0.39 is 0 Å². The first-order valence-corrected chi connectivity index (χ1v) is 7.13. The molecule has 0 aliphatic carbocycles. The third kappa shape index (κ3) is 2.49. The van der Waals surface area contributed by atoms with E-state index in [1.54, 1.807) is 18.7 Å². The van der Waals surface area contributed by atoms with Gasteiger partial charge >= 0.3 is 0 Å². The number of thioether (sulfide) groups is 2. The van der Waals surface area contributed by atoms with Crippen LogP contribution in [0.25, 0.3) is 0 Å². The summed E-state index contributed by atoms with van der Waals surface area (Å²) in [5.74, 6) is 2.79. The molecule has 0 aromatic rings. The summed E-state index contributed by atoms with van der Waals surface area (Å²) in [6, 6.07) is -0.164. The summed E-state index contributed by atoms with van der Waals surface area (Å²) in [4.78, 5) is 24.9. The van der Waals surface area contributed by atoms with Crippen molar-refractivity contribution in [1.29, 1.82) is 0 Å². The van der Waals surface area contributed by atoms with Gasteiger partial charge in [-0.25, -0.2) is 0 Å². The summed E-state index contributed by atoms with van der Waals surface area (Å²) in [6.45, 7) is 2.40. The van der Waals surface area contributed by atoms with Crippen molar-refractivity contribution in [2.24, 2.45) is 0 Å². The number of nitrogens with zero attached hydrogens (tertiary/aromatic N) is 1. The zero-order valence-electron chi connectivity index (χ0n) is 8.56. The monoisotopic (exact) mass is 246 g/mol. The van der Waals surface area contributed by atoms with Crippen molar-refractivity contribution < 1.29 is 9.59 Å². The Kier molecular flexibility index (Phi) is 3.58. The van der Waals surface area contributed by atoms with Crippen LogP contribution < -0.4 is 5.32 Å². The van der Waals surface area contributed by atoms with E-state index in [-0.39, 0.29) is 23.1 Å². The Bertz CT molecular complexity index is 279. The maximum absolute atomic E-state index is 11.9. The van der Waals surface area contributed by atoms with E-state index in [1.165, 1.54) is 11.8 Å². The normalized spacial score (nSPS) is 30.9. The third-order valence-corrected chi connectivity index (χ3v) is 4.81. The summed E-state index contributed by atoms with van der Waals surface area (Å²) in [5, 5.41) is 2.89. The molecule has 2 fully saturated rings. The minimum Gasteiger partial charge on any atom is -0.331 e. The Morgan fingerprint density at radius 3 is 2.80 bits per heavy atom. The van der Waals surface area contributed by atoms with Crippen LogP contribution in [0.4, 0.5) is 0 Å². The number of nitrogens with one attached hydrogen (secondary N) is 1. The van der Waals surface area contributed by atoms with Crippen LogP contribution in [0.2, 0.25) is 0 Å². The molecular formula is C9H14N2O2S2. The minimum absolute atomic E-state index is 0.103. The first-order valence-electron chi connectivity index (χ1n) is 4.93. The van der Waals surface area contributed by atoms with E-state index in [4.69, 9.17) is 0 Å². The smallest absolute Gasteiger partial charge is 0.241 e. The van der Waals surface area contributed by atoms with Crippen LogP contribution in [-0.4, -0.2) is 51.9 Å². The van der Waals surface area contributed by atoms with E-state index in [0.29, 0.717) is 5.75 Å². The largest absolute Gasteiger partial charge is 0.331 e. The maximum Gasteiger partial charge on any atom is 0.241 e. The van der Waals surface area contributed by atoms with Gasteiger partial charge in [-0.15, -0.1) is 23.5 Å². The van der Waals surface area contributed by atoms with E-state index in [1.807, 2.05) is 4.90 Å². The molecule has 2 heterocycles. The van der Waals surface area contributed by atoms with Crippen LogP contribution in [0.1, 0.15) is 6.92 Å². The SMILES string of the molecule is CC(=O)C1NC(C(=O)N2CCSC2)CS1. The zero-order chi connectivity index (χ0) is 10.8. The van der Waals surface area contributed by atoms with Gasteiger partial charge < -0.3 is 4.90 Å². The molecule has 0 saturated carbocycles. The number of rotatable bonds is 2. The number of hydrogen-bond acceptors (Lipinski definition) is 5. The summed E-state index contributed by atoms with van der Waals surface area (Å²) < 4.78 is 0. The van der Waals surface area contributed by atoms with Gasteiger partial charge in [0, 0.05) is 18.1 Å². The van der Waals surface area contributed by atoms with Crippen molar-refractivity contribution in [3.8, 4) is 0 Å². The van der Waals surface area contributed by atoms with Crippen molar-refractivity contribution >= 4 is 35.2 Å². The molecule has 1 amide bonds. The lowest BCUT2D eigenvalue weighted by Crippen LogP contribution is -2.46. The predicted molar refractivity (Wildman–Crippen MR) is 62.9 cm³/mol. The summed E-state index contributed by atoms with van der Waals surface area (Å²) >= 11 is 3.31. The molecule has 2 rings (SSSR count). The fraction of sp³-hybridized carbons (Fsp3) is 0.778. The Morgan fingerprint density at radius 1 is 1.47 bits per heavy atom. The minimum atomic E-state index is -0.186. The van der Waals surface area contributed by atoms with Gasteiger partial charge in [-0.1, -0.05) is 0 Å². The van der Waals surface area contributed by atoms with Crippen LogP contribution in [0.5, 0.6) is 0 Å². The number of carbonyl (C=O) groups is 2. The van der Waals surface area contributed by atoms with Gasteiger partial charge in [-0.3, -0.25) is 14.9 Å². The van der Waals surface area contributed by atoms with Crippen molar-refractivity contribution in [2.75, 3.05) is 23.9 Å². The molecule has 2 saturated heterocycles. The number of Topliss-reactive ketones (excluding diaryl/α,β-unsaturated/α-hetero) is 1. The molecule has 2 unspecified atom stereocenters. The Labute approximate surface area is 97.5 Å². The highest BCUT2D eigenvalue weighted by molar-refractivity contribution is 8.00. The average Bonchev–Trinajstić information content (AvgIpc) is 2.88. The van der Waals surface area contributed by atoms with Crippen molar-refractivity contribution in [3.05, 3.63) is 0 Å². The zero-order valence-corrected chi connectivity index (χ0v) is 10.2. The molecule has 6 heteroatoms. The highest BCUT2D eigenvalue weighted by Crippen LogP contribution is 2.22. The maximum atomic E-state index is 11.9. The summed E-state index contributed by atoms with van der Waals surface area (Å²) in [5.41, 5.74) is 0. The lowest BCUT2D eigenvalue weighted by molar-refractivity contribution is -0.131. The van der Waals surface area contributed by atoms with Crippen LogP contribution in [0.15, 0.2) is 0 Å². The van der Waals surface area contributed by atoms with Crippen molar-refractivity contribution in [1.82, 2.24) is 10.2 Å². The summed E-state index contributed by atoms with van der Waals surface area (Å²) in [7, 11) is 0. The molecule has 0 spiro atoms. The standard InChI is InChI=1S/C9H14N2O2S2/c1-6(12)8-10-7(4-15-8)9(13)11-2-3-14-5-11/h7-8,10H,2-5H2,1H3. The van der Waals surface area contributed by atoms with E-state index in [0.717, 1.165) is 18.2 Å². The second-order valence-electron chi connectivity index (χ2n) is 3.68. The fourth-order valence-electron chi connectivity index (χ4n) is 1.66. The highest BCUT2D eigenvalue weighted by Gasteiger charge is 2.35. The summed E-state index contributed by atoms with van der Waals surface area (Å²) in [6.07, 6.45) is 0. The Hall–Kier alpha value is -0.200. The second kappa shape index (κ2) is 4.76. The number of hydrogen-bond donors (Lipinski definition) is 1. The molecule has 15 heavy (non-hydrogen) atoms. The molecule has 2 aliphatic heterocycles. The van der Waals surface area contributed by atoms with Crippen LogP contribution in [-0.2, 0) is 9.59 Å². The van der Waals surface area contributed by atoms with Gasteiger partial charge in [-0.2, -0.15) is 0 Å². The van der Waals surface area contributed by atoms with E-state index >= 15 is 0 Å². The number of ketones is 1. The van der Waals surface area contributed by atoms with Gasteiger partial charge in [0.2, 0.25) is 5.91 Å². The third-order valence-electron chi connectivity index (χ3n) is 2.51.